The standard InChI is InChI=1S/C13H13ClFN3/c1-18(12-5-3-2-4-9(12)7-16)13-11(15)6-10(14)8-17-13/h2-6,8H,7,16H2,1H3. The lowest BCUT2D eigenvalue weighted by molar-refractivity contribution is 0.621. The molecule has 5 heteroatoms. The molecule has 0 unspecified atom stereocenters. The Kier molecular flexibility index (Phi) is 3.79. The van der Waals surface area contributed by atoms with E-state index in [-0.39, 0.29) is 10.8 Å². The summed E-state index contributed by atoms with van der Waals surface area (Å²) >= 11 is 5.69. The van der Waals surface area contributed by atoms with Crippen LogP contribution in [0, 0.1) is 5.82 Å². The number of hydrogen-bond acceptors (Lipinski definition) is 3. The SMILES string of the molecule is CN(c1ccccc1CN)c1ncc(Cl)cc1F. The maximum Gasteiger partial charge on any atom is 0.169 e. The molecule has 0 amide bonds. The zero-order valence-electron chi connectivity index (χ0n) is 9.90. The highest BCUT2D eigenvalue weighted by Crippen LogP contribution is 2.28. The van der Waals surface area contributed by atoms with Crippen molar-refractivity contribution in [1.82, 2.24) is 4.98 Å². The number of halogens is 2. The molecule has 1 aromatic carbocycles. The van der Waals surface area contributed by atoms with E-state index < -0.39 is 5.82 Å². The van der Waals surface area contributed by atoms with Crippen LogP contribution in [0.2, 0.25) is 5.02 Å². The predicted octanol–water partition coefficient (Wildman–Crippen LogP) is 3.10. The van der Waals surface area contributed by atoms with Crippen molar-refractivity contribution < 1.29 is 4.39 Å². The van der Waals surface area contributed by atoms with Gasteiger partial charge >= 0.3 is 0 Å². The van der Waals surface area contributed by atoms with Crippen LogP contribution in [-0.2, 0) is 6.54 Å². The van der Waals surface area contributed by atoms with Gasteiger partial charge in [-0.25, -0.2) is 9.37 Å². The molecular formula is C13H13ClFN3. The van der Waals surface area contributed by atoms with Crippen molar-refractivity contribution in [3.63, 3.8) is 0 Å². The maximum atomic E-state index is 13.8. The maximum absolute atomic E-state index is 13.8. The molecule has 0 aliphatic heterocycles. The van der Waals surface area contributed by atoms with Gasteiger partial charge in [-0.1, -0.05) is 29.8 Å². The molecule has 2 rings (SSSR count). The third-order valence-electron chi connectivity index (χ3n) is 2.68. The van der Waals surface area contributed by atoms with Gasteiger partial charge in [-0.15, -0.1) is 0 Å². The zero-order chi connectivity index (χ0) is 13.1. The second-order valence-electron chi connectivity index (χ2n) is 3.85. The first-order chi connectivity index (χ1) is 8.63. The summed E-state index contributed by atoms with van der Waals surface area (Å²) in [7, 11) is 1.74. The third-order valence-corrected chi connectivity index (χ3v) is 2.89. The number of nitrogens with two attached hydrogens (primary N) is 1. The van der Waals surface area contributed by atoms with E-state index in [1.54, 1.807) is 11.9 Å². The minimum absolute atomic E-state index is 0.223. The van der Waals surface area contributed by atoms with E-state index in [0.29, 0.717) is 6.54 Å². The Morgan fingerprint density at radius 3 is 2.78 bits per heavy atom. The van der Waals surface area contributed by atoms with E-state index >= 15 is 0 Å². The second-order valence-corrected chi connectivity index (χ2v) is 4.29. The summed E-state index contributed by atoms with van der Waals surface area (Å²) in [5, 5.41) is 0.275. The molecule has 18 heavy (non-hydrogen) atoms. The van der Waals surface area contributed by atoms with Gasteiger partial charge in [0.05, 0.1) is 5.02 Å². The van der Waals surface area contributed by atoms with E-state index in [0.717, 1.165) is 11.3 Å². The summed E-state index contributed by atoms with van der Waals surface area (Å²) in [6.45, 7) is 0.385. The van der Waals surface area contributed by atoms with Crippen LogP contribution in [-0.4, -0.2) is 12.0 Å². The molecule has 94 valence electrons. The van der Waals surface area contributed by atoms with Gasteiger partial charge in [0, 0.05) is 25.5 Å². The van der Waals surface area contributed by atoms with Gasteiger partial charge in [-0.05, 0) is 17.7 Å². The number of anilines is 2. The van der Waals surface area contributed by atoms with Crippen LogP contribution in [0.25, 0.3) is 0 Å². The van der Waals surface area contributed by atoms with Crippen molar-refractivity contribution in [3.05, 3.63) is 52.9 Å². The van der Waals surface area contributed by atoms with Crippen molar-refractivity contribution >= 4 is 23.1 Å². The Hall–Kier alpha value is -1.65. The largest absolute Gasteiger partial charge is 0.327 e. The number of para-hydroxylation sites is 1. The van der Waals surface area contributed by atoms with E-state index in [2.05, 4.69) is 4.98 Å². The van der Waals surface area contributed by atoms with Gasteiger partial charge in [0.1, 0.15) is 0 Å². The Bertz CT molecular complexity index is 560. The lowest BCUT2D eigenvalue weighted by Crippen LogP contribution is -2.16. The average molecular weight is 266 g/mol. The molecular weight excluding hydrogens is 253 g/mol. The number of benzene rings is 1. The number of hydrogen-bond donors (Lipinski definition) is 1. The summed E-state index contributed by atoms with van der Waals surface area (Å²) < 4.78 is 13.8. The second kappa shape index (κ2) is 5.33. The Balaban J connectivity index is 2.44. The van der Waals surface area contributed by atoms with Gasteiger partial charge in [0.25, 0.3) is 0 Å². The smallest absolute Gasteiger partial charge is 0.169 e. The highest BCUT2D eigenvalue weighted by atomic mass is 35.5. The van der Waals surface area contributed by atoms with Gasteiger partial charge in [0.15, 0.2) is 11.6 Å². The van der Waals surface area contributed by atoms with Crippen LogP contribution < -0.4 is 10.6 Å². The highest BCUT2D eigenvalue weighted by Gasteiger charge is 2.13. The molecule has 0 bridgehead atoms. The average Bonchev–Trinajstić information content (AvgIpc) is 2.38. The number of aromatic nitrogens is 1. The summed E-state index contributed by atoms with van der Waals surface area (Å²) in [6, 6.07) is 8.78. The molecule has 0 saturated carbocycles. The van der Waals surface area contributed by atoms with Crippen LogP contribution >= 0.6 is 11.6 Å². The first-order valence-electron chi connectivity index (χ1n) is 5.46. The van der Waals surface area contributed by atoms with E-state index in [9.17, 15) is 4.39 Å². The van der Waals surface area contributed by atoms with Crippen LogP contribution in [0.1, 0.15) is 5.56 Å². The summed E-state index contributed by atoms with van der Waals surface area (Å²) in [6.07, 6.45) is 1.42. The fourth-order valence-electron chi connectivity index (χ4n) is 1.78. The Labute approximate surface area is 110 Å². The number of rotatable bonds is 3. The minimum atomic E-state index is -0.461. The molecule has 1 aromatic heterocycles. The van der Waals surface area contributed by atoms with Crippen LogP contribution in [0.3, 0.4) is 0 Å². The van der Waals surface area contributed by atoms with Crippen molar-refractivity contribution in [2.75, 3.05) is 11.9 Å². The van der Waals surface area contributed by atoms with Crippen LogP contribution in [0.15, 0.2) is 36.5 Å². The van der Waals surface area contributed by atoms with Gasteiger partial charge in [-0.2, -0.15) is 0 Å². The lowest BCUT2D eigenvalue weighted by Gasteiger charge is -2.21. The Morgan fingerprint density at radius 1 is 1.39 bits per heavy atom. The molecule has 2 N–H and O–H groups in total. The summed E-state index contributed by atoms with van der Waals surface area (Å²) in [4.78, 5) is 5.67. The van der Waals surface area contributed by atoms with E-state index in [1.165, 1.54) is 12.3 Å². The number of pyridine rings is 1. The van der Waals surface area contributed by atoms with Crippen LogP contribution in [0.4, 0.5) is 15.9 Å². The molecule has 2 aromatic rings. The monoisotopic (exact) mass is 265 g/mol. The zero-order valence-corrected chi connectivity index (χ0v) is 10.7. The molecule has 0 atom stereocenters. The quantitative estimate of drug-likeness (QED) is 0.927. The molecule has 3 nitrogen and oxygen atoms in total. The first kappa shape index (κ1) is 12.8. The fourth-order valence-corrected chi connectivity index (χ4v) is 1.92. The molecule has 0 aliphatic carbocycles. The molecule has 0 aliphatic rings. The normalized spacial score (nSPS) is 10.4. The van der Waals surface area contributed by atoms with Crippen molar-refractivity contribution in [1.29, 1.82) is 0 Å². The Morgan fingerprint density at radius 2 is 2.11 bits per heavy atom. The first-order valence-corrected chi connectivity index (χ1v) is 5.84. The predicted molar refractivity (Wildman–Crippen MR) is 71.6 cm³/mol. The topological polar surface area (TPSA) is 42.1 Å². The molecule has 1 heterocycles. The van der Waals surface area contributed by atoms with Crippen molar-refractivity contribution in [2.45, 2.75) is 6.54 Å². The highest BCUT2D eigenvalue weighted by molar-refractivity contribution is 6.30. The summed E-state index contributed by atoms with van der Waals surface area (Å²) in [5.74, 6) is -0.239. The molecule has 0 radical (unpaired) electrons. The number of nitrogens with zero attached hydrogens (tertiary/aromatic N) is 2. The third kappa shape index (κ3) is 2.44. The van der Waals surface area contributed by atoms with Gasteiger partial charge in [-0.3, -0.25) is 0 Å². The summed E-state index contributed by atoms with van der Waals surface area (Å²) in [5.41, 5.74) is 7.42. The lowest BCUT2D eigenvalue weighted by atomic mass is 10.1. The minimum Gasteiger partial charge on any atom is -0.327 e. The van der Waals surface area contributed by atoms with Gasteiger partial charge < -0.3 is 10.6 Å². The van der Waals surface area contributed by atoms with Crippen LogP contribution in [0.5, 0.6) is 0 Å². The molecule has 0 spiro atoms. The fraction of sp³-hybridized carbons (Fsp3) is 0.154. The molecule has 0 saturated heterocycles. The van der Waals surface area contributed by atoms with Gasteiger partial charge in [0.2, 0.25) is 0 Å². The molecule has 0 fully saturated rings. The van der Waals surface area contributed by atoms with Crippen molar-refractivity contribution in [3.8, 4) is 0 Å². The van der Waals surface area contributed by atoms with E-state index in [4.69, 9.17) is 17.3 Å². The van der Waals surface area contributed by atoms with E-state index in [1.807, 2.05) is 24.3 Å². The van der Waals surface area contributed by atoms with Crippen molar-refractivity contribution in [2.24, 2.45) is 5.73 Å².